The van der Waals surface area contributed by atoms with Crippen LogP contribution in [0.25, 0.3) is 0 Å². The number of hydrogen-bond acceptors (Lipinski definition) is 4. The van der Waals surface area contributed by atoms with Crippen molar-refractivity contribution in [3.63, 3.8) is 0 Å². The fourth-order valence-electron chi connectivity index (χ4n) is 2.88. The number of likely N-dealkylation sites (tertiary alicyclic amines) is 1. The Hall–Kier alpha value is -0.910. The second-order valence-electron chi connectivity index (χ2n) is 4.98. The summed E-state index contributed by atoms with van der Waals surface area (Å²) >= 11 is 1.32. The van der Waals surface area contributed by atoms with Gasteiger partial charge in [0.15, 0.2) is 0 Å². The zero-order chi connectivity index (χ0) is 13.8. The van der Waals surface area contributed by atoms with Crippen LogP contribution >= 0.6 is 11.3 Å². The number of rotatable bonds is 6. The summed E-state index contributed by atoms with van der Waals surface area (Å²) in [7, 11) is 0. The number of carbonyl (C=O) groups is 1. The van der Waals surface area contributed by atoms with Gasteiger partial charge in [0.25, 0.3) is 0 Å². The Morgan fingerprint density at radius 3 is 2.89 bits per heavy atom. The van der Waals surface area contributed by atoms with E-state index in [0.717, 1.165) is 38.3 Å². The summed E-state index contributed by atoms with van der Waals surface area (Å²) in [6.45, 7) is 9.47. The maximum absolute atomic E-state index is 11.1. The molecule has 0 saturated carbocycles. The summed E-state index contributed by atoms with van der Waals surface area (Å²) in [4.78, 5) is 16.5. The van der Waals surface area contributed by atoms with E-state index in [1.165, 1.54) is 17.8 Å². The van der Waals surface area contributed by atoms with E-state index in [4.69, 9.17) is 5.11 Å². The van der Waals surface area contributed by atoms with Crippen molar-refractivity contribution >= 4 is 17.3 Å². The smallest absolute Gasteiger partial charge is 0.346 e. The zero-order valence-electron chi connectivity index (χ0n) is 11.6. The lowest BCUT2D eigenvalue weighted by atomic mass is 10.2. The van der Waals surface area contributed by atoms with Crippen LogP contribution in [0.4, 0.5) is 0 Å². The molecule has 0 bridgehead atoms. The Bertz CT molecular complexity index is 429. The van der Waals surface area contributed by atoms with Gasteiger partial charge in [-0.1, -0.05) is 13.8 Å². The van der Waals surface area contributed by atoms with Crippen LogP contribution in [0, 0.1) is 0 Å². The van der Waals surface area contributed by atoms with Crippen molar-refractivity contribution in [1.29, 1.82) is 0 Å². The van der Waals surface area contributed by atoms with E-state index in [2.05, 4.69) is 23.6 Å². The van der Waals surface area contributed by atoms with Gasteiger partial charge in [-0.25, -0.2) is 4.79 Å². The van der Waals surface area contributed by atoms with Crippen molar-refractivity contribution in [1.82, 2.24) is 9.80 Å². The first-order chi connectivity index (χ1) is 9.15. The third-order valence-electron chi connectivity index (χ3n) is 3.91. The number of carboxylic acids is 1. The Morgan fingerprint density at radius 1 is 1.53 bits per heavy atom. The molecule has 4 nitrogen and oxygen atoms in total. The predicted molar refractivity (Wildman–Crippen MR) is 77.9 cm³/mol. The summed E-state index contributed by atoms with van der Waals surface area (Å²) < 4.78 is 0. The molecule has 1 saturated heterocycles. The lowest BCUT2D eigenvalue weighted by Crippen LogP contribution is -2.37. The summed E-state index contributed by atoms with van der Waals surface area (Å²) in [6, 6.07) is 2.57. The van der Waals surface area contributed by atoms with Gasteiger partial charge in [-0.3, -0.25) is 9.80 Å². The van der Waals surface area contributed by atoms with Gasteiger partial charge in [0.05, 0.1) is 0 Å². The molecule has 1 atom stereocenters. The first-order valence-electron chi connectivity index (χ1n) is 6.91. The van der Waals surface area contributed by atoms with Crippen LogP contribution in [0.15, 0.2) is 11.4 Å². The molecule has 1 aliphatic rings. The lowest BCUT2D eigenvalue weighted by Gasteiger charge is -2.26. The molecule has 0 aliphatic carbocycles. The quantitative estimate of drug-likeness (QED) is 0.870. The van der Waals surface area contributed by atoms with E-state index < -0.39 is 5.97 Å². The lowest BCUT2D eigenvalue weighted by molar-refractivity contribution is 0.0700. The van der Waals surface area contributed by atoms with Gasteiger partial charge in [-0.05, 0) is 36.5 Å². The molecule has 0 amide bonds. The van der Waals surface area contributed by atoms with Crippen molar-refractivity contribution < 1.29 is 9.90 Å². The van der Waals surface area contributed by atoms with Gasteiger partial charge in [-0.15, -0.1) is 11.3 Å². The molecule has 19 heavy (non-hydrogen) atoms. The van der Waals surface area contributed by atoms with E-state index in [1.807, 2.05) is 11.4 Å². The maximum Gasteiger partial charge on any atom is 0.346 e. The van der Waals surface area contributed by atoms with Crippen LogP contribution in [0.5, 0.6) is 0 Å². The largest absolute Gasteiger partial charge is 0.477 e. The Balaban J connectivity index is 1.95. The van der Waals surface area contributed by atoms with Crippen LogP contribution in [0.3, 0.4) is 0 Å². The molecule has 0 aromatic carbocycles. The molecule has 1 unspecified atom stereocenters. The SMILES string of the molecule is CCN(CC)C1CCN(Cc2ccsc2C(=O)O)C1. The number of likely N-dealkylation sites (N-methyl/N-ethyl adjacent to an activating group) is 1. The molecular weight excluding hydrogens is 260 g/mol. The normalized spacial score (nSPS) is 20.3. The molecule has 2 rings (SSSR count). The van der Waals surface area contributed by atoms with E-state index in [-0.39, 0.29) is 0 Å². The van der Waals surface area contributed by atoms with E-state index in [1.54, 1.807) is 0 Å². The first kappa shape index (κ1) is 14.5. The van der Waals surface area contributed by atoms with Gasteiger partial charge < -0.3 is 5.11 Å². The highest BCUT2D eigenvalue weighted by molar-refractivity contribution is 7.12. The Kier molecular flexibility index (Phi) is 4.96. The minimum absolute atomic E-state index is 0.492. The van der Waals surface area contributed by atoms with Gasteiger partial charge in [0.2, 0.25) is 0 Å². The number of carboxylic acid groups (broad SMARTS) is 1. The Labute approximate surface area is 118 Å². The molecule has 2 heterocycles. The minimum atomic E-state index is -0.801. The number of nitrogens with zero attached hydrogens (tertiary/aromatic N) is 2. The number of aromatic carboxylic acids is 1. The van der Waals surface area contributed by atoms with E-state index in [0.29, 0.717) is 10.9 Å². The van der Waals surface area contributed by atoms with Crippen molar-refractivity contribution in [2.75, 3.05) is 26.2 Å². The molecule has 5 heteroatoms. The third kappa shape index (κ3) is 3.35. The summed E-state index contributed by atoms with van der Waals surface area (Å²) in [5.41, 5.74) is 0.956. The standard InChI is InChI=1S/C14H22N2O2S/c1-3-16(4-2)12-5-7-15(10-12)9-11-6-8-19-13(11)14(17)18/h6,8,12H,3-5,7,9-10H2,1-2H3,(H,17,18). The highest BCUT2D eigenvalue weighted by Gasteiger charge is 2.27. The minimum Gasteiger partial charge on any atom is -0.477 e. The van der Waals surface area contributed by atoms with Gasteiger partial charge in [-0.2, -0.15) is 0 Å². The molecule has 106 valence electrons. The van der Waals surface area contributed by atoms with Gasteiger partial charge in [0.1, 0.15) is 4.88 Å². The van der Waals surface area contributed by atoms with Crippen molar-refractivity contribution in [2.24, 2.45) is 0 Å². The fourth-order valence-corrected chi connectivity index (χ4v) is 3.64. The molecule has 1 fully saturated rings. The molecule has 1 aromatic heterocycles. The third-order valence-corrected chi connectivity index (χ3v) is 4.86. The van der Waals surface area contributed by atoms with E-state index >= 15 is 0 Å². The zero-order valence-corrected chi connectivity index (χ0v) is 12.4. The Morgan fingerprint density at radius 2 is 2.26 bits per heavy atom. The van der Waals surface area contributed by atoms with Crippen LogP contribution in [0.2, 0.25) is 0 Å². The molecule has 1 N–H and O–H groups in total. The maximum atomic E-state index is 11.1. The van der Waals surface area contributed by atoms with Crippen molar-refractivity contribution in [3.05, 3.63) is 21.9 Å². The van der Waals surface area contributed by atoms with Gasteiger partial charge in [0, 0.05) is 25.7 Å². The van der Waals surface area contributed by atoms with Crippen molar-refractivity contribution in [2.45, 2.75) is 32.9 Å². The summed E-state index contributed by atoms with van der Waals surface area (Å²) in [6.07, 6.45) is 1.19. The van der Waals surface area contributed by atoms with Crippen LogP contribution in [-0.2, 0) is 6.54 Å². The fraction of sp³-hybridized carbons (Fsp3) is 0.643. The average molecular weight is 282 g/mol. The number of hydrogen-bond donors (Lipinski definition) is 1. The highest BCUT2D eigenvalue weighted by atomic mass is 32.1. The molecule has 1 aliphatic heterocycles. The topological polar surface area (TPSA) is 43.8 Å². The molecule has 0 spiro atoms. The van der Waals surface area contributed by atoms with E-state index in [9.17, 15) is 4.79 Å². The monoisotopic (exact) mass is 282 g/mol. The van der Waals surface area contributed by atoms with Crippen LogP contribution in [-0.4, -0.2) is 53.1 Å². The highest BCUT2D eigenvalue weighted by Crippen LogP contribution is 2.22. The molecule has 0 radical (unpaired) electrons. The van der Waals surface area contributed by atoms with Gasteiger partial charge >= 0.3 is 5.97 Å². The molecular formula is C14H22N2O2S. The second-order valence-corrected chi connectivity index (χ2v) is 5.90. The van der Waals surface area contributed by atoms with Crippen molar-refractivity contribution in [3.8, 4) is 0 Å². The predicted octanol–water partition coefficient (Wildman–Crippen LogP) is 2.36. The number of thiophene rings is 1. The molecule has 1 aromatic rings. The second kappa shape index (κ2) is 6.50. The average Bonchev–Trinajstić information content (AvgIpc) is 3.01. The van der Waals surface area contributed by atoms with Crippen LogP contribution < -0.4 is 0 Å². The van der Waals surface area contributed by atoms with Crippen LogP contribution in [0.1, 0.15) is 35.5 Å². The summed E-state index contributed by atoms with van der Waals surface area (Å²) in [5, 5.41) is 11.0. The first-order valence-corrected chi connectivity index (χ1v) is 7.79. The summed E-state index contributed by atoms with van der Waals surface area (Å²) in [5.74, 6) is -0.801.